The number of nitrogens with one attached hydrogen (secondary N) is 2. The van der Waals surface area contributed by atoms with Crippen LogP contribution in [0.2, 0.25) is 0 Å². The molecule has 130 valence electrons. The quantitative estimate of drug-likeness (QED) is 0.783. The first-order chi connectivity index (χ1) is 10.6. The standard InChI is InChI=1S/C18H28N2O2.ClH/c1-13-6-7-16(11-14(13)2)22-10-4-5-18(21)20-17-8-9-19-12-15(17)3;/h6-7,11,15,17,19H,4-5,8-10,12H2,1-3H3,(H,20,21);1H. The van der Waals surface area contributed by atoms with E-state index >= 15 is 0 Å². The van der Waals surface area contributed by atoms with Crippen molar-refractivity contribution < 1.29 is 9.53 Å². The van der Waals surface area contributed by atoms with E-state index in [2.05, 4.69) is 37.5 Å². The molecule has 1 fully saturated rings. The van der Waals surface area contributed by atoms with Gasteiger partial charge >= 0.3 is 0 Å². The fraction of sp³-hybridized carbons (Fsp3) is 0.611. The third kappa shape index (κ3) is 6.40. The number of carbonyl (C=O) groups is 1. The van der Waals surface area contributed by atoms with Gasteiger partial charge in [0.05, 0.1) is 6.61 Å². The molecule has 1 amide bonds. The maximum absolute atomic E-state index is 12.0. The third-order valence-corrected chi connectivity index (χ3v) is 4.43. The highest BCUT2D eigenvalue weighted by atomic mass is 35.5. The number of rotatable bonds is 6. The van der Waals surface area contributed by atoms with Crippen LogP contribution in [0.4, 0.5) is 0 Å². The average molecular weight is 341 g/mol. The number of hydrogen-bond acceptors (Lipinski definition) is 3. The van der Waals surface area contributed by atoms with Gasteiger partial charge in [0.25, 0.3) is 0 Å². The van der Waals surface area contributed by atoms with E-state index in [-0.39, 0.29) is 18.3 Å². The van der Waals surface area contributed by atoms with Gasteiger partial charge in [-0.1, -0.05) is 13.0 Å². The predicted molar refractivity (Wildman–Crippen MR) is 96.5 cm³/mol. The Morgan fingerprint density at radius 3 is 2.83 bits per heavy atom. The molecule has 1 heterocycles. The maximum atomic E-state index is 12.0. The first kappa shape index (κ1) is 19.8. The van der Waals surface area contributed by atoms with Crippen molar-refractivity contribution in [3.05, 3.63) is 29.3 Å². The van der Waals surface area contributed by atoms with E-state index in [1.807, 2.05) is 12.1 Å². The number of benzene rings is 1. The Labute approximate surface area is 145 Å². The molecular weight excluding hydrogens is 312 g/mol. The Balaban J connectivity index is 0.00000264. The molecule has 0 bridgehead atoms. The second-order valence-corrected chi connectivity index (χ2v) is 6.34. The molecular formula is C18H29ClN2O2. The van der Waals surface area contributed by atoms with Gasteiger partial charge in [0, 0.05) is 12.5 Å². The van der Waals surface area contributed by atoms with Crippen LogP contribution in [0, 0.1) is 19.8 Å². The van der Waals surface area contributed by atoms with Crippen LogP contribution in [0.25, 0.3) is 0 Å². The van der Waals surface area contributed by atoms with Crippen molar-refractivity contribution in [1.82, 2.24) is 10.6 Å². The first-order valence-electron chi connectivity index (χ1n) is 8.26. The van der Waals surface area contributed by atoms with Crippen molar-refractivity contribution in [2.45, 2.75) is 46.1 Å². The first-order valence-corrected chi connectivity index (χ1v) is 8.26. The lowest BCUT2D eigenvalue weighted by molar-refractivity contribution is -0.122. The van der Waals surface area contributed by atoms with Crippen molar-refractivity contribution >= 4 is 18.3 Å². The minimum Gasteiger partial charge on any atom is -0.494 e. The summed E-state index contributed by atoms with van der Waals surface area (Å²) in [4.78, 5) is 12.0. The van der Waals surface area contributed by atoms with Gasteiger partial charge in [0.2, 0.25) is 5.91 Å². The van der Waals surface area contributed by atoms with Gasteiger partial charge in [-0.15, -0.1) is 12.4 Å². The molecule has 1 aliphatic heterocycles. The van der Waals surface area contributed by atoms with Crippen LogP contribution in [0.3, 0.4) is 0 Å². The third-order valence-electron chi connectivity index (χ3n) is 4.43. The fourth-order valence-electron chi connectivity index (χ4n) is 2.73. The Bertz CT molecular complexity index is 508. The zero-order valence-electron chi connectivity index (χ0n) is 14.4. The SMILES string of the molecule is Cc1ccc(OCCCC(=O)NC2CCNCC2C)cc1C.Cl. The molecule has 4 nitrogen and oxygen atoms in total. The molecule has 5 heteroatoms. The molecule has 1 aromatic rings. The molecule has 23 heavy (non-hydrogen) atoms. The van der Waals surface area contributed by atoms with Crippen molar-refractivity contribution in [2.75, 3.05) is 19.7 Å². The monoisotopic (exact) mass is 340 g/mol. The number of ether oxygens (including phenoxy) is 1. The van der Waals surface area contributed by atoms with Crippen LogP contribution in [0.5, 0.6) is 5.75 Å². The van der Waals surface area contributed by atoms with E-state index in [1.54, 1.807) is 0 Å². The number of carbonyl (C=O) groups excluding carboxylic acids is 1. The summed E-state index contributed by atoms with van der Waals surface area (Å²) in [6, 6.07) is 6.41. The van der Waals surface area contributed by atoms with E-state index in [9.17, 15) is 4.79 Å². The highest BCUT2D eigenvalue weighted by Gasteiger charge is 2.22. The van der Waals surface area contributed by atoms with Gasteiger partial charge in [0.1, 0.15) is 5.75 Å². The van der Waals surface area contributed by atoms with Gasteiger partial charge in [-0.2, -0.15) is 0 Å². The number of piperidine rings is 1. The van der Waals surface area contributed by atoms with Crippen LogP contribution < -0.4 is 15.4 Å². The molecule has 0 aliphatic carbocycles. The minimum atomic E-state index is 0. The highest BCUT2D eigenvalue weighted by molar-refractivity contribution is 5.85. The molecule has 1 aliphatic rings. The van der Waals surface area contributed by atoms with Crippen LogP contribution in [-0.2, 0) is 4.79 Å². The summed E-state index contributed by atoms with van der Waals surface area (Å²) in [7, 11) is 0. The Kier molecular flexibility index (Phi) is 8.42. The molecule has 1 saturated heterocycles. The second kappa shape index (κ2) is 9.78. The smallest absolute Gasteiger partial charge is 0.220 e. The summed E-state index contributed by atoms with van der Waals surface area (Å²) in [5.74, 6) is 1.53. The Hall–Kier alpha value is -1.26. The number of amides is 1. The molecule has 2 N–H and O–H groups in total. The zero-order valence-corrected chi connectivity index (χ0v) is 15.2. The lowest BCUT2D eigenvalue weighted by Crippen LogP contribution is -2.48. The highest BCUT2D eigenvalue weighted by Crippen LogP contribution is 2.16. The van der Waals surface area contributed by atoms with Crippen molar-refractivity contribution in [2.24, 2.45) is 5.92 Å². The molecule has 0 radical (unpaired) electrons. The summed E-state index contributed by atoms with van der Waals surface area (Å²) in [5, 5.41) is 6.49. The van der Waals surface area contributed by atoms with Gasteiger partial charge in [-0.3, -0.25) is 4.79 Å². The van der Waals surface area contributed by atoms with Crippen LogP contribution >= 0.6 is 12.4 Å². The lowest BCUT2D eigenvalue weighted by Gasteiger charge is -2.30. The maximum Gasteiger partial charge on any atom is 0.220 e. The molecule has 0 spiro atoms. The number of aryl methyl sites for hydroxylation is 2. The van der Waals surface area contributed by atoms with E-state index in [0.717, 1.165) is 31.7 Å². The summed E-state index contributed by atoms with van der Waals surface area (Å²) < 4.78 is 5.71. The summed E-state index contributed by atoms with van der Waals surface area (Å²) in [6.45, 7) is 8.91. The molecule has 2 atom stereocenters. The largest absolute Gasteiger partial charge is 0.494 e. The second-order valence-electron chi connectivity index (χ2n) is 6.34. The van der Waals surface area contributed by atoms with Gasteiger partial charge in [0.15, 0.2) is 0 Å². The molecule has 2 rings (SSSR count). The summed E-state index contributed by atoms with van der Waals surface area (Å²) in [6.07, 6.45) is 2.30. The topological polar surface area (TPSA) is 50.4 Å². The van der Waals surface area contributed by atoms with Gasteiger partial charge < -0.3 is 15.4 Å². The van der Waals surface area contributed by atoms with Gasteiger partial charge in [-0.05, 0) is 69.0 Å². The van der Waals surface area contributed by atoms with Crippen LogP contribution in [0.15, 0.2) is 18.2 Å². The predicted octanol–water partition coefficient (Wildman–Crippen LogP) is 3.00. The van der Waals surface area contributed by atoms with E-state index in [4.69, 9.17) is 4.74 Å². The molecule has 0 saturated carbocycles. The minimum absolute atomic E-state index is 0. The average Bonchev–Trinajstić information content (AvgIpc) is 2.49. The van der Waals surface area contributed by atoms with Crippen molar-refractivity contribution in [1.29, 1.82) is 0 Å². The van der Waals surface area contributed by atoms with E-state index in [1.165, 1.54) is 11.1 Å². The molecule has 1 aromatic carbocycles. The molecule has 0 aromatic heterocycles. The van der Waals surface area contributed by atoms with E-state index in [0.29, 0.717) is 25.0 Å². The van der Waals surface area contributed by atoms with E-state index < -0.39 is 0 Å². The Morgan fingerprint density at radius 2 is 2.13 bits per heavy atom. The summed E-state index contributed by atoms with van der Waals surface area (Å²) >= 11 is 0. The van der Waals surface area contributed by atoms with Gasteiger partial charge in [-0.25, -0.2) is 0 Å². The van der Waals surface area contributed by atoms with Crippen molar-refractivity contribution in [3.63, 3.8) is 0 Å². The van der Waals surface area contributed by atoms with Crippen molar-refractivity contribution in [3.8, 4) is 5.75 Å². The number of hydrogen-bond donors (Lipinski definition) is 2. The summed E-state index contributed by atoms with van der Waals surface area (Å²) in [5.41, 5.74) is 2.50. The van der Waals surface area contributed by atoms with Crippen LogP contribution in [0.1, 0.15) is 37.3 Å². The van der Waals surface area contributed by atoms with Crippen LogP contribution in [-0.4, -0.2) is 31.6 Å². The zero-order chi connectivity index (χ0) is 15.9. The fourth-order valence-corrected chi connectivity index (χ4v) is 2.73. The Morgan fingerprint density at radius 1 is 1.35 bits per heavy atom. The lowest BCUT2D eigenvalue weighted by atomic mass is 9.95. The normalized spacial score (nSPS) is 20.5. The molecule has 2 unspecified atom stereocenters. The number of halogens is 1.